The second-order valence-electron chi connectivity index (χ2n) is 4.28. The molecule has 0 amide bonds. The van der Waals surface area contributed by atoms with Gasteiger partial charge >= 0.3 is 0 Å². The zero-order chi connectivity index (χ0) is 11.8. The molecule has 0 spiro atoms. The van der Waals surface area contributed by atoms with Crippen LogP contribution in [-0.2, 0) is 6.42 Å². The van der Waals surface area contributed by atoms with Crippen molar-refractivity contribution >= 4 is 21.6 Å². The Morgan fingerprint density at radius 2 is 2.19 bits per heavy atom. The van der Waals surface area contributed by atoms with Gasteiger partial charge in [-0.2, -0.15) is 0 Å². The highest BCUT2D eigenvalue weighted by atomic mass is 79.9. The van der Waals surface area contributed by atoms with Crippen LogP contribution in [0.3, 0.4) is 0 Å². The molecule has 1 aliphatic rings. The van der Waals surface area contributed by atoms with Crippen LogP contribution < -0.4 is 5.32 Å². The number of rotatable bonds is 4. The van der Waals surface area contributed by atoms with Gasteiger partial charge in [0.1, 0.15) is 0 Å². The SMILES string of the molecule is CNC1(Cc2cc(Br)cc([N+](=O)[O-])c2)CC1. The molecule has 16 heavy (non-hydrogen) atoms. The first-order chi connectivity index (χ1) is 7.54. The summed E-state index contributed by atoms with van der Waals surface area (Å²) >= 11 is 3.31. The smallest absolute Gasteiger partial charge is 0.270 e. The van der Waals surface area contributed by atoms with Crippen molar-refractivity contribution in [3.8, 4) is 0 Å². The number of nitro benzene ring substituents is 1. The van der Waals surface area contributed by atoms with Crippen molar-refractivity contribution in [1.29, 1.82) is 0 Å². The van der Waals surface area contributed by atoms with Crippen molar-refractivity contribution in [2.75, 3.05) is 7.05 Å². The van der Waals surface area contributed by atoms with E-state index in [0.29, 0.717) is 0 Å². The molecule has 1 fully saturated rings. The summed E-state index contributed by atoms with van der Waals surface area (Å²) in [5, 5.41) is 14.0. The molecule has 1 saturated carbocycles. The summed E-state index contributed by atoms with van der Waals surface area (Å²) in [6.07, 6.45) is 3.14. The van der Waals surface area contributed by atoms with E-state index in [1.54, 1.807) is 6.07 Å². The Balaban J connectivity index is 2.24. The zero-order valence-corrected chi connectivity index (χ0v) is 10.6. The van der Waals surface area contributed by atoms with Crippen LogP contribution in [0.25, 0.3) is 0 Å². The highest BCUT2D eigenvalue weighted by molar-refractivity contribution is 9.10. The number of likely N-dealkylation sites (N-methyl/N-ethyl adjacent to an activating group) is 1. The molecule has 0 heterocycles. The average molecular weight is 285 g/mol. The van der Waals surface area contributed by atoms with Crippen LogP contribution in [0.4, 0.5) is 5.69 Å². The van der Waals surface area contributed by atoms with Gasteiger partial charge < -0.3 is 5.32 Å². The molecule has 4 nitrogen and oxygen atoms in total. The molecular formula is C11H13BrN2O2. The molecule has 1 aromatic rings. The zero-order valence-electron chi connectivity index (χ0n) is 9.00. The lowest BCUT2D eigenvalue weighted by molar-refractivity contribution is -0.385. The van der Waals surface area contributed by atoms with E-state index in [9.17, 15) is 10.1 Å². The molecule has 1 N–H and O–H groups in total. The lowest BCUT2D eigenvalue weighted by atomic mass is 10.0. The van der Waals surface area contributed by atoms with E-state index in [0.717, 1.165) is 29.3 Å². The largest absolute Gasteiger partial charge is 0.314 e. The summed E-state index contributed by atoms with van der Waals surface area (Å²) in [5.74, 6) is 0. The van der Waals surface area contributed by atoms with Gasteiger partial charge in [0.2, 0.25) is 0 Å². The van der Waals surface area contributed by atoms with Gasteiger partial charge in [0.15, 0.2) is 0 Å². The van der Waals surface area contributed by atoms with E-state index in [2.05, 4.69) is 21.2 Å². The fraction of sp³-hybridized carbons (Fsp3) is 0.455. The molecule has 0 saturated heterocycles. The first-order valence-corrected chi connectivity index (χ1v) is 5.97. The van der Waals surface area contributed by atoms with E-state index in [1.807, 2.05) is 13.1 Å². The fourth-order valence-corrected chi connectivity index (χ4v) is 2.43. The average Bonchev–Trinajstić information content (AvgIpc) is 2.97. The number of benzene rings is 1. The first-order valence-electron chi connectivity index (χ1n) is 5.17. The maximum atomic E-state index is 10.7. The lowest BCUT2D eigenvalue weighted by Crippen LogP contribution is -2.29. The minimum Gasteiger partial charge on any atom is -0.314 e. The van der Waals surface area contributed by atoms with Gasteiger partial charge in [-0.05, 0) is 37.9 Å². The predicted octanol–water partition coefficient (Wildman–Crippen LogP) is 2.65. The molecule has 1 aliphatic carbocycles. The lowest BCUT2D eigenvalue weighted by Gasteiger charge is -2.13. The minimum atomic E-state index is -0.354. The highest BCUT2D eigenvalue weighted by Crippen LogP contribution is 2.39. The summed E-state index contributed by atoms with van der Waals surface area (Å²) in [6, 6.07) is 5.13. The molecule has 0 aromatic heterocycles. The van der Waals surface area contributed by atoms with Gasteiger partial charge in [-0.15, -0.1) is 0 Å². The van der Waals surface area contributed by atoms with Crippen molar-refractivity contribution in [3.63, 3.8) is 0 Å². The van der Waals surface area contributed by atoms with Gasteiger partial charge in [-0.3, -0.25) is 10.1 Å². The van der Waals surface area contributed by atoms with Crippen LogP contribution in [-0.4, -0.2) is 17.5 Å². The van der Waals surface area contributed by atoms with Crippen molar-refractivity contribution in [1.82, 2.24) is 5.32 Å². The Labute approximate surface area is 102 Å². The number of hydrogen-bond acceptors (Lipinski definition) is 3. The minimum absolute atomic E-state index is 0.149. The molecule has 0 atom stereocenters. The normalized spacial score (nSPS) is 17.1. The predicted molar refractivity (Wildman–Crippen MR) is 65.5 cm³/mol. The summed E-state index contributed by atoms with van der Waals surface area (Å²) in [4.78, 5) is 10.4. The van der Waals surface area contributed by atoms with Crippen LogP contribution in [0, 0.1) is 10.1 Å². The van der Waals surface area contributed by atoms with E-state index in [1.165, 1.54) is 6.07 Å². The van der Waals surface area contributed by atoms with E-state index in [4.69, 9.17) is 0 Å². The second-order valence-corrected chi connectivity index (χ2v) is 5.20. The van der Waals surface area contributed by atoms with E-state index < -0.39 is 0 Å². The van der Waals surface area contributed by atoms with Gasteiger partial charge in [0.25, 0.3) is 5.69 Å². The van der Waals surface area contributed by atoms with Gasteiger partial charge in [0, 0.05) is 22.1 Å². The summed E-state index contributed by atoms with van der Waals surface area (Å²) < 4.78 is 0.767. The van der Waals surface area contributed by atoms with Crippen molar-refractivity contribution < 1.29 is 4.92 Å². The molecule has 0 bridgehead atoms. The highest BCUT2D eigenvalue weighted by Gasteiger charge is 2.40. The second kappa shape index (κ2) is 4.14. The van der Waals surface area contributed by atoms with Crippen molar-refractivity contribution in [2.24, 2.45) is 0 Å². The maximum absolute atomic E-state index is 10.7. The summed E-state index contributed by atoms with van der Waals surface area (Å²) in [6.45, 7) is 0. The maximum Gasteiger partial charge on any atom is 0.270 e. The van der Waals surface area contributed by atoms with Crippen LogP contribution in [0.2, 0.25) is 0 Å². The van der Waals surface area contributed by atoms with Gasteiger partial charge in [-0.25, -0.2) is 0 Å². The van der Waals surface area contributed by atoms with Gasteiger partial charge in [-0.1, -0.05) is 15.9 Å². The monoisotopic (exact) mass is 284 g/mol. The number of non-ortho nitro benzene ring substituents is 1. The first kappa shape index (κ1) is 11.5. The van der Waals surface area contributed by atoms with Crippen LogP contribution in [0.1, 0.15) is 18.4 Å². The number of hydrogen-bond donors (Lipinski definition) is 1. The molecule has 86 valence electrons. The van der Waals surface area contributed by atoms with E-state index >= 15 is 0 Å². The molecule has 2 rings (SSSR count). The standard InChI is InChI=1S/C11H13BrN2O2/c1-13-11(2-3-11)7-8-4-9(12)6-10(5-8)14(15)16/h4-6,13H,2-3,7H2,1H3. The Morgan fingerprint density at radius 1 is 1.50 bits per heavy atom. The van der Waals surface area contributed by atoms with Crippen LogP contribution in [0.15, 0.2) is 22.7 Å². The Kier molecular flexibility index (Phi) is 2.99. The molecule has 0 radical (unpaired) electrons. The topological polar surface area (TPSA) is 55.2 Å². The molecule has 5 heteroatoms. The molecule has 0 aliphatic heterocycles. The Hall–Kier alpha value is -0.940. The number of nitrogens with one attached hydrogen (secondary N) is 1. The summed E-state index contributed by atoms with van der Waals surface area (Å²) in [5.41, 5.74) is 1.33. The number of halogens is 1. The molecule has 1 aromatic carbocycles. The van der Waals surface area contributed by atoms with Crippen molar-refractivity contribution in [2.45, 2.75) is 24.8 Å². The molecular weight excluding hydrogens is 272 g/mol. The Bertz CT molecular complexity index is 430. The van der Waals surface area contributed by atoms with Crippen molar-refractivity contribution in [3.05, 3.63) is 38.3 Å². The van der Waals surface area contributed by atoms with Crippen LogP contribution in [0.5, 0.6) is 0 Å². The number of nitrogens with zero attached hydrogens (tertiary/aromatic N) is 1. The Morgan fingerprint density at radius 3 is 2.69 bits per heavy atom. The third-order valence-corrected chi connectivity index (χ3v) is 3.54. The molecule has 0 unspecified atom stereocenters. The quantitative estimate of drug-likeness (QED) is 0.683. The van der Waals surface area contributed by atoms with E-state index in [-0.39, 0.29) is 16.1 Å². The third kappa shape index (κ3) is 2.41. The van der Waals surface area contributed by atoms with Crippen LogP contribution >= 0.6 is 15.9 Å². The summed E-state index contributed by atoms with van der Waals surface area (Å²) in [7, 11) is 1.94. The van der Waals surface area contributed by atoms with Gasteiger partial charge in [0.05, 0.1) is 4.92 Å². The fourth-order valence-electron chi connectivity index (χ4n) is 1.90. The third-order valence-electron chi connectivity index (χ3n) is 3.08. The number of nitro groups is 1.